The van der Waals surface area contributed by atoms with E-state index in [2.05, 4.69) is 15.6 Å². The fourth-order valence-electron chi connectivity index (χ4n) is 2.19. The lowest BCUT2D eigenvalue weighted by atomic mass is 10.2. The molecule has 0 aliphatic heterocycles. The van der Waals surface area contributed by atoms with Crippen molar-refractivity contribution in [1.82, 2.24) is 10.3 Å². The zero-order valence-electron chi connectivity index (χ0n) is 13.7. The molecule has 0 fully saturated rings. The van der Waals surface area contributed by atoms with Crippen molar-refractivity contribution in [1.29, 1.82) is 0 Å². The number of halogens is 1. The van der Waals surface area contributed by atoms with Gasteiger partial charge in [-0.05, 0) is 44.4 Å². The first-order valence-corrected chi connectivity index (χ1v) is 8.93. The standard InChI is InChI=1S/C17H20ClN3O2S/c1-11-13(18)5-3-6-14(11)21-17(23)9-16(22)19-8-4-7-15-12(2)20-10-24-15/h3,5-6,10H,4,7-9H2,1-2H3,(H,19,22)(H,21,23). The first-order chi connectivity index (χ1) is 11.5. The zero-order valence-corrected chi connectivity index (χ0v) is 15.3. The van der Waals surface area contributed by atoms with Crippen LogP contribution >= 0.6 is 22.9 Å². The molecule has 2 amide bonds. The van der Waals surface area contributed by atoms with Crippen LogP contribution in [0.1, 0.15) is 29.0 Å². The van der Waals surface area contributed by atoms with Crippen LogP contribution in [0.3, 0.4) is 0 Å². The van der Waals surface area contributed by atoms with Gasteiger partial charge < -0.3 is 10.6 Å². The van der Waals surface area contributed by atoms with E-state index in [0.29, 0.717) is 17.3 Å². The second kappa shape index (κ2) is 8.80. The van der Waals surface area contributed by atoms with E-state index in [1.807, 2.05) is 19.4 Å². The number of rotatable bonds is 7. The van der Waals surface area contributed by atoms with Crippen molar-refractivity contribution >= 4 is 40.4 Å². The number of amides is 2. The van der Waals surface area contributed by atoms with Gasteiger partial charge in [-0.1, -0.05) is 17.7 Å². The van der Waals surface area contributed by atoms with Crippen molar-refractivity contribution in [3.8, 4) is 0 Å². The number of hydrogen-bond acceptors (Lipinski definition) is 4. The molecule has 0 spiro atoms. The van der Waals surface area contributed by atoms with Gasteiger partial charge in [0.1, 0.15) is 6.42 Å². The van der Waals surface area contributed by atoms with Gasteiger partial charge in [-0.15, -0.1) is 11.3 Å². The van der Waals surface area contributed by atoms with Gasteiger partial charge >= 0.3 is 0 Å². The van der Waals surface area contributed by atoms with Crippen LogP contribution in [0.25, 0.3) is 0 Å². The number of benzene rings is 1. The van der Waals surface area contributed by atoms with E-state index in [1.165, 1.54) is 4.88 Å². The molecule has 2 N–H and O–H groups in total. The highest BCUT2D eigenvalue weighted by atomic mass is 35.5. The second-order valence-corrected chi connectivity index (χ2v) is 6.80. The highest BCUT2D eigenvalue weighted by Crippen LogP contribution is 2.22. The molecule has 0 radical (unpaired) electrons. The molecule has 5 nitrogen and oxygen atoms in total. The number of nitrogens with zero attached hydrogens (tertiary/aromatic N) is 1. The number of anilines is 1. The number of thiazole rings is 1. The van der Waals surface area contributed by atoms with Crippen LogP contribution in [-0.2, 0) is 16.0 Å². The fourth-order valence-corrected chi connectivity index (χ4v) is 3.19. The van der Waals surface area contributed by atoms with E-state index in [0.717, 1.165) is 24.1 Å². The number of carbonyl (C=O) groups excluding carboxylic acids is 2. The Balaban J connectivity index is 1.71. The summed E-state index contributed by atoms with van der Waals surface area (Å²) in [5.41, 5.74) is 4.28. The van der Waals surface area contributed by atoms with Crippen molar-refractivity contribution in [2.24, 2.45) is 0 Å². The minimum Gasteiger partial charge on any atom is -0.356 e. The van der Waals surface area contributed by atoms with Gasteiger partial charge in [0.05, 0.1) is 11.2 Å². The molecule has 0 bridgehead atoms. The van der Waals surface area contributed by atoms with E-state index in [9.17, 15) is 9.59 Å². The molecule has 0 aliphatic carbocycles. The van der Waals surface area contributed by atoms with Gasteiger partial charge in [0.25, 0.3) is 0 Å². The SMILES string of the molecule is Cc1ncsc1CCCNC(=O)CC(=O)Nc1cccc(Cl)c1C. The van der Waals surface area contributed by atoms with Crippen LogP contribution in [0.4, 0.5) is 5.69 Å². The Labute approximate surface area is 150 Å². The predicted molar refractivity (Wildman–Crippen MR) is 97.6 cm³/mol. The van der Waals surface area contributed by atoms with Gasteiger partial charge in [-0.25, -0.2) is 4.98 Å². The average Bonchev–Trinajstić information content (AvgIpc) is 2.93. The molecule has 1 aromatic carbocycles. The number of aromatic nitrogens is 1. The maximum absolute atomic E-state index is 11.9. The number of nitrogens with one attached hydrogen (secondary N) is 2. The summed E-state index contributed by atoms with van der Waals surface area (Å²) in [4.78, 5) is 29.2. The van der Waals surface area contributed by atoms with Gasteiger partial charge in [-0.2, -0.15) is 0 Å². The molecule has 128 valence electrons. The van der Waals surface area contributed by atoms with Crippen LogP contribution in [0.2, 0.25) is 5.02 Å². The summed E-state index contributed by atoms with van der Waals surface area (Å²) in [7, 11) is 0. The lowest BCUT2D eigenvalue weighted by Crippen LogP contribution is -2.29. The van der Waals surface area contributed by atoms with E-state index < -0.39 is 0 Å². The molecule has 0 atom stereocenters. The Morgan fingerprint density at radius 2 is 2.04 bits per heavy atom. The molecule has 0 aliphatic rings. The first kappa shape index (κ1) is 18.4. The molecule has 1 heterocycles. The Morgan fingerprint density at radius 1 is 1.25 bits per heavy atom. The molecule has 24 heavy (non-hydrogen) atoms. The number of hydrogen-bond donors (Lipinski definition) is 2. The summed E-state index contributed by atoms with van der Waals surface area (Å²) in [6, 6.07) is 5.27. The normalized spacial score (nSPS) is 10.5. The van der Waals surface area contributed by atoms with E-state index >= 15 is 0 Å². The molecule has 0 unspecified atom stereocenters. The third-order valence-corrected chi connectivity index (χ3v) is 5.01. The average molecular weight is 366 g/mol. The van der Waals surface area contributed by atoms with Crippen LogP contribution in [-0.4, -0.2) is 23.3 Å². The molecule has 7 heteroatoms. The molecular formula is C17H20ClN3O2S. The van der Waals surface area contributed by atoms with Gasteiger partial charge in [0.15, 0.2) is 0 Å². The van der Waals surface area contributed by atoms with Crippen molar-refractivity contribution in [3.05, 3.63) is 44.9 Å². The van der Waals surface area contributed by atoms with Crippen LogP contribution in [0.15, 0.2) is 23.7 Å². The van der Waals surface area contributed by atoms with E-state index in [-0.39, 0.29) is 18.2 Å². The molecule has 1 aromatic heterocycles. The molecule has 0 saturated heterocycles. The molecule has 2 aromatic rings. The van der Waals surface area contributed by atoms with Crippen molar-refractivity contribution in [2.45, 2.75) is 33.1 Å². The van der Waals surface area contributed by atoms with Gasteiger partial charge in [-0.3, -0.25) is 9.59 Å². The third kappa shape index (κ3) is 5.32. The van der Waals surface area contributed by atoms with Crippen LogP contribution < -0.4 is 10.6 Å². The van der Waals surface area contributed by atoms with E-state index in [4.69, 9.17) is 11.6 Å². The quantitative estimate of drug-likeness (QED) is 0.582. The Bertz CT molecular complexity index is 730. The summed E-state index contributed by atoms with van der Waals surface area (Å²) >= 11 is 7.63. The largest absolute Gasteiger partial charge is 0.356 e. The summed E-state index contributed by atoms with van der Waals surface area (Å²) in [5.74, 6) is -0.635. The van der Waals surface area contributed by atoms with E-state index in [1.54, 1.807) is 29.5 Å². The second-order valence-electron chi connectivity index (χ2n) is 5.45. The molecule has 2 rings (SSSR count). The summed E-state index contributed by atoms with van der Waals surface area (Å²) in [5, 5.41) is 6.06. The maximum Gasteiger partial charge on any atom is 0.233 e. The van der Waals surface area contributed by atoms with Crippen LogP contribution in [0.5, 0.6) is 0 Å². The third-order valence-electron chi connectivity index (χ3n) is 3.61. The Hall–Kier alpha value is -1.92. The first-order valence-electron chi connectivity index (χ1n) is 7.68. The zero-order chi connectivity index (χ0) is 17.5. The van der Waals surface area contributed by atoms with Crippen LogP contribution in [0, 0.1) is 13.8 Å². The Morgan fingerprint density at radius 3 is 2.75 bits per heavy atom. The highest BCUT2D eigenvalue weighted by molar-refractivity contribution is 7.09. The highest BCUT2D eigenvalue weighted by Gasteiger charge is 2.11. The monoisotopic (exact) mass is 365 g/mol. The Kier molecular flexibility index (Phi) is 6.75. The molecular weight excluding hydrogens is 346 g/mol. The van der Waals surface area contributed by atoms with Crippen molar-refractivity contribution in [3.63, 3.8) is 0 Å². The minimum absolute atomic E-state index is 0.203. The molecule has 0 saturated carbocycles. The number of carbonyl (C=O) groups is 2. The fraction of sp³-hybridized carbons (Fsp3) is 0.353. The summed E-state index contributed by atoms with van der Waals surface area (Å²) in [6.07, 6.45) is 1.50. The maximum atomic E-state index is 11.9. The number of aryl methyl sites for hydroxylation is 2. The smallest absolute Gasteiger partial charge is 0.233 e. The minimum atomic E-state index is -0.351. The lowest BCUT2D eigenvalue weighted by Gasteiger charge is -2.09. The topological polar surface area (TPSA) is 71.1 Å². The van der Waals surface area contributed by atoms with Gasteiger partial charge in [0, 0.05) is 22.1 Å². The van der Waals surface area contributed by atoms with Crippen molar-refractivity contribution in [2.75, 3.05) is 11.9 Å². The summed E-state index contributed by atoms with van der Waals surface area (Å²) in [6.45, 7) is 4.34. The van der Waals surface area contributed by atoms with Crippen molar-refractivity contribution < 1.29 is 9.59 Å². The van der Waals surface area contributed by atoms with Gasteiger partial charge in [0.2, 0.25) is 11.8 Å². The predicted octanol–water partition coefficient (Wildman–Crippen LogP) is 3.49. The lowest BCUT2D eigenvalue weighted by molar-refractivity contribution is -0.126. The summed E-state index contributed by atoms with van der Waals surface area (Å²) < 4.78 is 0.